The van der Waals surface area contributed by atoms with Crippen molar-refractivity contribution < 1.29 is 9.13 Å². The summed E-state index contributed by atoms with van der Waals surface area (Å²) < 4.78 is 21.8. The lowest BCUT2D eigenvalue weighted by Crippen LogP contribution is -2.03. The van der Waals surface area contributed by atoms with Crippen LogP contribution in [0.3, 0.4) is 0 Å². The molecule has 7 heteroatoms. The monoisotopic (exact) mass is 425 g/mol. The van der Waals surface area contributed by atoms with E-state index in [1.165, 1.54) is 17.8 Å². The van der Waals surface area contributed by atoms with Gasteiger partial charge in [-0.05, 0) is 30.3 Å². The third-order valence-corrected chi connectivity index (χ3v) is 5.70. The summed E-state index contributed by atoms with van der Waals surface area (Å²) in [5.74, 6) is 1.52. The van der Waals surface area contributed by atoms with Crippen LogP contribution in [0.15, 0.2) is 78.0 Å². The Morgan fingerprint density at radius 3 is 2.48 bits per heavy atom. The Morgan fingerprint density at radius 2 is 1.69 bits per heavy atom. The van der Waals surface area contributed by atoms with Gasteiger partial charge < -0.3 is 4.74 Å². The Balaban J connectivity index is 1.79. The lowest BCUT2D eigenvalue weighted by Gasteiger charge is -2.12. The molecule has 0 unspecified atom stereocenters. The second-order valence-electron chi connectivity index (χ2n) is 6.17. The van der Waals surface area contributed by atoms with Gasteiger partial charge in [-0.3, -0.25) is 4.57 Å². The molecule has 0 N–H and O–H groups in total. The van der Waals surface area contributed by atoms with Crippen LogP contribution in [0.5, 0.6) is 5.75 Å². The van der Waals surface area contributed by atoms with E-state index in [1.807, 2.05) is 42.5 Å². The zero-order chi connectivity index (χ0) is 20.2. The molecule has 1 aromatic heterocycles. The van der Waals surface area contributed by atoms with Crippen LogP contribution in [0.25, 0.3) is 17.1 Å². The average Bonchev–Trinajstić information content (AvgIpc) is 3.16. The van der Waals surface area contributed by atoms with Crippen LogP contribution < -0.4 is 4.74 Å². The molecule has 1 heterocycles. The number of methoxy groups -OCH3 is 1. The Kier molecular flexibility index (Phi) is 5.83. The molecular weight excluding hydrogens is 409 g/mol. The smallest absolute Gasteiger partial charge is 0.196 e. The van der Waals surface area contributed by atoms with Gasteiger partial charge in [0.15, 0.2) is 11.0 Å². The number of hydrogen-bond acceptors (Lipinski definition) is 4. The number of thioether (sulfide) groups is 1. The number of para-hydroxylation sites is 2. The van der Waals surface area contributed by atoms with E-state index >= 15 is 0 Å². The quantitative estimate of drug-likeness (QED) is 0.354. The first kappa shape index (κ1) is 19.5. The Bertz CT molecular complexity index is 1150. The summed E-state index contributed by atoms with van der Waals surface area (Å²) >= 11 is 7.84. The van der Waals surface area contributed by atoms with Gasteiger partial charge in [0.05, 0.1) is 17.8 Å². The Hall–Kier alpha value is -2.83. The van der Waals surface area contributed by atoms with Gasteiger partial charge in [-0.15, -0.1) is 10.2 Å². The third kappa shape index (κ3) is 3.99. The highest BCUT2D eigenvalue weighted by Gasteiger charge is 2.20. The molecule has 0 radical (unpaired) electrons. The minimum Gasteiger partial charge on any atom is -0.496 e. The summed E-state index contributed by atoms with van der Waals surface area (Å²) in [6.45, 7) is 0. The van der Waals surface area contributed by atoms with Crippen LogP contribution in [-0.2, 0) is 5.75 Å². The van der Waals surface area contributed by atoms with Gasteiger partial charge in [0.2, 0.25) is 0 Å². The van der Waals surface area contributed by atoms with E-state index < -0.39 is 0 Å². The molecule has 0 aliphatic carbocycles. The Morgan fingerprint density at radius 1 is 0.966 bits per heavy atom. The second-order valence-corrected chi connectivity index (χ2v) is 7.52. The summed E-state index contributed by atoms with van der Waals surface area (Å²) in [5.41, 5.74) is 2.08. The average molecular weight is 426 g/mol. The Labute approximate surface area is 177 Å². The first-order valence-corrected chi connectivity index (χ1v) is 10.3. The normalized spacial score (nSPS) is 10.9. The van der Waals surface area contributed by atoms with Crippen molar-refractivity contribution in [1.29, 1.82) is 0 Å². The van der Waals surface area contributed by atoms with E-state index in [2.05, 4.69) is 10.2 Å². The molecule has 0 saturated carbocycles. The van der Waals surface area contributed by atoms with E-state index in [0.29, 0.717) is 33.0 Å². The standard InChI is InChI=1S/C22H17ClFN3OS/c1-28-20-13-7-2-8-15(20)14-29-22-26-25-21(16-9-3-4-10-17(16)23)27(22)19-12-6-5-11-18(19)24/h2-13H,14H2,1H3. The van der Waals surface area contributed by atoms with Crippen molar-refractivity contribution in [3.63, 3.8) is 0 Å². The number of rotatable bonds is 6. The van der Waals surface area contributed by atoms with E-state index in [1.54, 1.807) is 35.9 Å². The van der Waals surface area contributed by atoms with Gasteiger partial charge in [-0.1, -0.05) is 65.8 Å². The summed E-state index contributed by atoms with van der Waals surface area (Å²) in [6, 6.07) is 21.7. The SMILES string of the molecule is COc1ccccc1CSc1nnc(-c2ccccc2Cl)n1-c1ccccc1F. The van der Waals surface area contributed by atoms with Crippen LogP contribution in [0.2, 0.25) is 5.02 Å². The van der Waals surface area contributed by atoms with Gasteiger partial charge in [0.1, 0.15) is 11.6 Å². The highest BCUT2D eigenvalue weighted by atomic mass is 35.5. The molecule has 0 fully saturated rings. The van der Waals surface area contributed by atoms with Crippen molar-refractivity contribution in [1.82, 2.24) is 14.8 Å². The molecule has 3 aromatic carbocycles. The lowest BCUT2D eigenvalue weighted by molar-refractivity contribution is 0.411. The molecular formula is C22H17ClFN3OS. The fraction of sp³-hybridized carbons (Fsp3) is 0.0909. The molecule has 4 nitrogen and oxygen atoms in total. The van der Waals surface area contributed by atoms with Gasteiger partial charge in [-0.2, -0.15) is 0 Å². The maximum absolute atomic E-state index is 14.7. The summed E-state index contributed by atoms with van der Waals surface area (Å²) in [7, 11) is 1.64. The number of hydrogen-bond donors (Lipinski definition) is 0. The molecule has 0 saturated heterocycles. The highest BCUT2D eigenvalue weighted by Crippen LogP contribution is 2.34. The van der Waals surface area contributed by atoms with Crippen LogP contribution >= 0.6 is 23.4 Å². The molecule has 4 aromatic rings. The number of benzene rings is 3. The number of halogens is 2. The van der Waals surface area contributed by atoms with E-state index in [4.69, 9.17) is 16.3 Å². The minimum atomic E-state index is -0.361. The van der Waals surface area contributed by atoms with Crippen LogP contribution in [0.4, 0.5) is 4.39 Å². The third-order valence-electron chi connectivity index (χ3n) is 4.39. The van der Waals surface area contributed by atoms with Crippen molar-refractivity contribution in [2.75, 3.05) is 7.11 Å². The number of ether oxygens (including phenoxy) is 1. The predicted molar refractivity (Wildman–Crippen MR) is 114 cm³/mol. The molecule has 0 amide bonds. The molecule has 0 bridgehead atoms. The van der Waals surface area contributed by atoms with Crippen molar-refractivity contribution in [2.45, 2.75) is 10.9 Å². The molecule has 0 aliphatic rings. The fourth-order valence-corrected chi connectivity index (χ4v) is 4.15. The van der Waals surface area contributed by atoms with Crippen LogP contribution in [0, 0.1) is 5.82 Å². The lowest BCUT2D eigenvalue weighted by atomic mass is 10.2. The van der Waals surface area contributed by atoms with Crippen LogP contribution in [-0.4, -0.2) is 21.9 Å². The number of aromatic nitrogens is 3. The fourth-order valence-electron chi connectivity index (χ4n) is 3.00. The molecule has 0 spiro atoms. The molecule has 146 valence electrons. The molecule has 0 aliphatic heterocycles. The van der Waals surface area contributed by atoms with Gasteiger partial charge >= 0.3 is 0 Å². The molecule has 4 rings (SSSR count). The van der Waals surface area contributed by atoms with Gasteiger partial charge in [-0.25, -0.2) is 4.39 Å². The highest BCUT2D eigenvalue weighted by molar-refractivity contribution is 7.98. The van der Waals surface area contributed by atoms with E-state index in [-0.39, 0.29) is 5.82 Å². The summed E-state index contributed by atoms with van der Waals surface area (Å²) in [5, 5.41) is 9.75. The summed E-state index contributed by atoms with van der Waals surface area (Å²) in [4.78, 5) is 0. The minimum absolute atomic E-state index is 0.361. The topological polar surface area (TPSA) is 39.9 Å². The first-order valence-electron chi connectivity index (χ1n) is 8.89. The van der Waals surface area contributed by atoms with Crippen molar-refractivity contribution in [2.24, 2.45) is 0 Å². The van der Waals surface area contributed by atoms with Crippen LogP contribution in [0.1, 0.15) is 5.56 Å². The maximum atomic E-state index is 14.7. The maximum Gasteiger partial charge on any atom is 0.196 e. The van der Waals surface area contributed by atoms with Gasteiger partial charge in [0.25, 0.3) is 0 Å². The first-order chi connectivity index (χ1) is 14.2. The second kappa shape index (κ2) is 8.68. The van der Waals surface area contributed by atoms with E-state index in [0.717, 1.165) is 11.3 Å². The summed E-state index contributed by atoms with van der Waals surface area (Å²) in [6.07, 6.45) is 0. The van der Waals surface area contributed by atoms with Gasteiger partial charge in [0, 0.05) is 16.9 Å². The zero-order valence-corrected chi connectivity index (χ0v) is 17.1. The zero-order valence-electron chi connectivity index (χ0n) is 15.5. The predicted octanol–water partition coefficient (Wildman–Crippen LogP) is 6.03. The molecule has 29 heavy (non-hydrogen) atoms. The molecule has 0 atom stereocenters. The number of nitrogens with zero attached hydrogens (tertiary/aromatic N) is 3. The van der Waals surface area contributed by atoms with E-state index in [9.17, 15) is 4.39 Å². The van der Waals surface area contributed by atoms with Crippen molar-refractivity contribution in [3.8, 4) is 22.8 Å². The van der Waals surface area contributed by atoms with Crippen molar-refractivity contribution >= 4 is 23.4 Å². The van der Waals surface area contributed by atoms with Crippen molar-refractivity contribution in [3.05, 3.63) is 89.2 Å². The largest absolute Gasteiger partial charge is 0.496 e.